The van der Waals surface area contributed by atoms with Crippen molar-refractivity contribution in [2.24, 2.45) is 12.1 Å². The number of benzene rings is 2. The van der Waals surface area contributed by atoms with Crippen LogP contribution in [0.2, 0.25) is 5.02 Å². The van der Waals surface area contributed by atoms with Crippen molar-refractivity contribution in [1.29, 1.82) is 0 Å². The van der Waals surface area contributed by atoms with Gasteiger partial charge in [-0.15, -0.1) is 0 Å². The van der Waals surface area contributed by atoms with Gasteiger partial charge in [-0.05, 0) is 37.1 Å². The van der Waals surface area contributed by atoms with Crippen molar-refractivity contribution < 1.29 is 4.57 Å². The Balaban J connectivity index is 1.76. The van der Waals surface area contributed by atoms with Crippen molar-refractivity contribution in [3.05, 3.63) is 70.9 Å². The highest BCUT2D eigenvalue weighted by Crippen LogP contribution is 2.32. The number of halogens is 1. The number of fused-ring (bicyclic) bond motifs is 2. The van der Waals surface area contributed by atoms with Gasteiger partial charge in [-0.1, -0.05) is 29.8 Å². The lowest BCUT2D eigenvalue weighted by atomic mass is 10.1. The highest BCUT2D eigenvalue weighted by molar-refractivity contribution is 6.31. The molecule has 1 aliphatic heterocycles. The molecular weight excluding hydrogens is 318 g/mol. The Morgan fingerprint density at radius 3 is 2.92 bits per heavy atom. The first kappa shape index (κ1) is 15.2. The number of anilines is 1. The highest BCUT2D eigenvalue weighted by atomic mass is 35.5. The Bertz CT molecular complexity index is 949. The number of pyridine rings is 1. The van der Waals surface area contributed by atoms with Crippen LogP contribution in [-0.4, -0.2) is 12.3 Å². The predicted molar refractivity (Wildman–Crippen MR) is 99.8 cm³/mol. The van der Waals surface area contributed by atoms with Gasteiger partial charge in [0.25, 0.3) is 0 Å². The Morgan fingerprint density at radius 1 is 1.21 bits per heavy atom. The van der Waals surface area contributed by atoms with Gasteiger partial charge in [0, 0.05) is 22.7 Å². The Hall–Kier alpha value is -2.39. The number of hydrogen-bond donors (Lipinski definition) is 0. The molecule has 0 saturated heterocycles. The van der Waals surface area contributed by atoms with Crippen molar-refractivity contribution in [2.45, 2.75) is 19.4 Å². The number of hydrazone groups is 1. The van der Waals surface area contributed by atoms with Crippen LogP contribution in [0.5, 0.6) is 0 Å². The molecule has 0 radical (unpaired) electrons. The van der Waals surface area contributed by atoms with Gasteiger partial charge in [0.1, 0.15) is 7.05 Å². The van der Waals surface area contributed by atoms with Crippen LogP contribution in [0.25, 0.3) is 10.9 Å². The van der Waals surface area contributed by atoms with Crippen LogP contribution >= 0.6 is 11.6 Å². The van der Waals surface area contributed by atoms with Gasteiger partial charge in [0.05, 0.1) is 23.3 Å². The first-order valence-electron chi connectivity index (χ1n) is 8.12. The van der Waals surface area contributed by atoms with Crippen LogP contribution in [0.15, 0.2) is 59.8 Å². The van der Waals surface area contributed by atoms with E-state index in [0.717, 1.165) is 27.9 Å². The van der Waals surface area contributed by atoms with Gasteiger partial charge in [-0.25, -0.2) is 4.57 Å². The van der Waals surface area contributed by atoms with Crippen molar-refractivity contribution in [1.82, 2.24) is 0 Å². The number of nitrogens with zero attached hydrogens (tertiary/aromatic N) is 3. The largest absolute Gasteiger partial charge is 0.262 e. The summed E-state index contributed by atoms with van der Waals surface area (Å²) >= 11 is 6.20. The normalized spacial score (nSPS) is 17.0. The zero-order valence-electron chi connectivity index (χ0n) is 13.8. The molecule has 120 valence electrons. The van der Waals surface area contributed by atoms with Gasteiger partial charge in [-0.2, -0.15) is 5.10 Å². The molecule has 0 amide bonds. The number of aryl methyl sites for hydroxylation is 1. The minimum atomic E-state index is 0.369. The van der Waals surface area contributed by atoms with E-state index in [2.05, 4.69) is 53.0 Å². The molecule has 2 aromatic carbocycles. The van der Waals surface area contributed by atoms with E-state index in [1.165, 1.54) is 11.3 Å². The second-order valence-corrected chi connectivity index (χ2v) is 6.75. The zero-order chi connectivity index (χ0) is 16.7. The Morgan fingerprint density at radius 2 is 2.04 bits per heavy atom. The van der Waals surface area contributed by atoms with Crippen LogP contribution in [0.1, 0.15) is 18.1 Å². The molecular formula is C20H19ClN3+. The Labute approximate surface area is 146 Å². The molecule has 0 spiro atoms. The number of para-hydroxylation sites is 1. The molecule has 0 aliphatic carbocycles. The summed E-state index contributed by atoms with van der Waals surface area (Å²) in [6, 6.07) is 16.9. The minimum absolute atomic E-state index is 0.369. The van der Waals surface area contributed by atoms with Crippen LogP contribution < -0.4 is 9.58 Å². The van der Waals surface area contributed by atoms with Crippen LogP contribution in [-0.2, 0) is 13.5 Å². The maximum absolute atomic E-state index is 6.20. The molecule has 1 aliphatic rings. The van der Waals surface area contributed by atoms with Crippen molar-refractivity contribution in [3.63, 3.8) is 0 Å². The van der Waals surface area contributed by atoms with E-state index in [0.29, 0.717) is 6.04 Å². The molecule has 0 bridgehead atoms. The van der Waals surface area contributed by atoms with Crippen LogP contribution in [0.3, 0.4) is 0 Å². The molecule has 2 heterocycles. The van der Waals surface area contributed by atoms with Gasteiger partial charge in [0.15, 0.2) is 6.20 Å². The quantitative estimate of drug-likeness (QED) is 0.509. The second-order valence-electron chi connectivity index (χ2n) is 6.31. The first-order valence-corrected chi connectivity index (χ1v) is 8.50. The molecule has 1 atom stereocenters. The van der Waals surface area contributed by atoms with Gasteiger partial charge < -0.3 is 0 Å². The lowest BCUT2D eigenvalue weighted by molar-refractivity contribution is -0.644. The maximum atomic E-state index is 6.20. The molecule has 1 unspecified atom stereocenters. The number of rotatable bonds is 2. The first-order chi connectivity index (χ1) is 11.6. The van der Waals surface area contributed by atoms with Crippen LogP contribution in [0.4, 0.5) is 5.69 Å². The molecule has 24 heavy (non-hydrogen) atoms. The molecule has 4 heteroatoms. The summed E-state index contributed by atoms with van der Waals surface area (Å²) in [6.07, 6.45) is 5.03. The van der Waals surface area contributed by atoms with E-state index >= 15 is 0 Å². The van der Waals surface area contributed by atoms with E-state index in [-0.39, 0.29) is 0 Å². The number of hydrogen-bond acceptors (Lipinski definition) is 2. The lowest BCUT2D eigenvalue weighted by Gasteiger charge is -2.18. The van der Waals surface area contributed by atoms with Gasteiger partial charge in [-0.3, -0.25) is 5.01 Å². The molecule has 0 N–H and O–H groups in total. The number of aromatic nitrogens is 1. The summed E-state index contributed by atoms with van der Waals surface area (Å²) in [7, 11) is 2.04. The summed E-state index contributed by atoms with van der Waals surface area (Å²) in [5.41, 5.74) is 4.76. The average Bonchev–Trinajstić information content (AvgIpc) is 2.89. The summed E-state index contributed by atoms with van der Waals surface area (Å²) in [5, 5.41) is 8.74. The van der Waals surface area contributed by atoms with Gasteiger partial charge >= 0.3 is 0 Å². The van der Waals surface area contributed by atoms with Crippen LogP contribution in [0, 0.1) is 0 Å². The molecule has 4 rings (SSSR count). The summed E-state index contributed by atoms with van der Waals surface area (Å²) in [5.74, 6) is 0. The fourth-order valence-corrected chi connectivity index (χ4v) is 3.54. The zero-order valence-corrected chi connectivity index (χ0v) is 14.5. The van der Waals surface area contributed by atoms with E-state index < -0.39 is 0 Å². The predicted octanol–water partition coefficient (Wildman–Crippen LogP) is 4.10. The fourth-order valence-electron chi connectivity index (χ4n) is 3.37. The maximum Gasteiger partial charge on any atom is 0.213 e. The van der Waals surface area contributed by atoms with Gasteiger partial charge in [0.2, 0.25) is 5.52 Å². The summed E-state index contributed by atoms with van der Waals surface area (Å²) in [4.78, 5) is 0. The van der Waals surface area contributed by atoms with E-state index in [1.54, 1.807) is 0 Å². The third-order valence-electron chi connectivity index (χ3n) is 4.62. The van der Waals surface area contributed by atoms with Crippen molar-refractivity contribution in [3.8, 4) is 0 Å². The standard InChI is InChI=1S/C20H19ClN3/c1-14-11-15-5-3-4-6-19(15)24(14)22-13-16-9-10-23(2)20-8-7-17(21)12-18(16)20/h3-10,12-14H,11H2,1-2H3/q+1. The molecule has 0 fully saturated rings. The van der Waals surface area contributed by atoms with E-state index in [4.69, 9.17) is 16.7 Å². The summed E-state index contributed by atoms with van der Waals surface area (Å²) in [6.45, 7) is 2.21. The van der Waals surface area contributed by atoms with Crippen molar-refractivity contribution >= 4 is 34.4 Å². The molecule has 0 saturated carbocycles. The van der Waals surface area contributed by atoms with E-state index in [1.807, 2.05) is 31.5 Å². The third kappa shape index (κ3) is 2.55. The Kier molecular flexibility index (Phi) is 3.73. The highest BCUT2D eigenvalue weighted by Gasteiger charge is 2.24. The average molecular weight is 337 g/mol. The van der Waals surface area contributed by atoms with E-state index in [9.17, 15) is 0 Å². The van der Waals surface area contributed by atoms with Crippen molar-refractivity contribution in [2.75, 3.05) is 5.01 Å². The minimum Gasteiger partial charge on any atom is -0.262 e. The third-order valence-corrected chi connectivity index (χ3v) is 4.85. The SMILES string of the molecule is CC1Cc2ccccc2N1N=Cc1cc[n+](C)c2ccc(Cl)cc12. The molecule has 3 aromatic rings. The molecule has 1 aromatic heterocycles. The summed E-state index contributed by atoms with van der Waals surface area (Å²) < 4.78 is 2.09. The molecule has 3 nitrogen and oxygen atoms in total. The fraction of sp³-hybridized carbons (Fsp3) is 0.200. The smallest absolute Gasteiger partial charge is 0.213 e. The second kappa shape index (κ2) is 5.91. The topological polar surface area (TPSA) is 19.5 Å². The lowest BCUT2D eigenvalue weighted by Crippen LogP contribution is -2.28. The monoisotopic (exact) mass is 336 g/mol.